The number of rotatable bonds is 4. The molecule has 4 nitrogen and oxygen atoms in total. The monoisotopic (exact) mass is 383 g/mol. The third kappa shape index (κ3) is 3.72. The maximum absolute atomic E-state index is 13.1. The van der Waals surface area contributed by atoms with Crippen LogP contribution in [0, 0.1) is 6.92 Å². The van der Waals surface area contributed by atoms with Gasteiger partial charge in [0.15, 0.2) is 0 Å². The van der Waals surface area contributed by atoms with Crippen LogP contribution in [0.15, 0.2) is 47.8 Å². The Kier molecular flexibility index (Phi) is 5.15. The van der Waals surface area contributed by atoms with Gasteiger partial charge in [-0.2, -0.15) is 0 Å². The molecule has 0 spiro atoms. The predicted molar refractivity (Wildman–Crippen MR) is 108 cm³/mol. The zero-order valence-electron chi connectivity index (χ0n) is 14.7. The van der Waals surface area contributed by atoms with Crippen LogP contribution in [0.4, 0.5) is 0 Å². The number of thiophene rings is 1. The Hall–Kier alpha value is -2.02. The van der Waals surface area contributed by atoms with Crippen molar-refractivity contribution in [3.05, 3.63) is 62.6 Å². The van der Waals surface area contributed by atoms with E-state index in [4.69, 9.17) is 0 Å². The summed E-state index contributed by atoms with van der Waals surface area (Å²) in [6.45, 7) is 6.33. The topological polar surface area (TPSA) is 36.4 Å². The van der Waals surface area contributed by atoms with Crippen LogP contribution in [0.5, 0.6) is 0 Å². The Morgan fingerprint density at radius 3 is 2.54 bits per heavy atom. The van der Waals surface area contributed by atoms with Crippen LogP contribution in [0.1, 0.15) is 19.6 Å². The highest BCUT2D eigenvalue weighted by atomic mass is 32.1. The predicted octanol–water partition coefficient (Wildman–Crippen LogP) is 4.14. The molecule has 1 aliphatic heterocycles. The van der Waals surface area contributed by atoms with Crippen molar-refractivity contribution < 1.29 is 4.79 Å². The summed E-state index contributed by atoms with van der Waals surface area (Å²) in [5, 5.41) is 3.05. The van der Waals surface area contributed by atoms with Crippen molar-refractivity contribution in [3.63, 3.8) is 0 Å². The smallest absolute Gasteiger partial charge is 0.266 e. The number of hydrogen-bond donors (Lipinski definition) is 0. The van der Waals surface area contributed by atoms with Crippen molar-refractivity contribution in [2.45, 2.75) is 13.5 Å². The van der Waals surface area contributed by atoms with E-state index in [1.54, 1.807) is 11.3 Å². The highest BCUT2D eigenvalue weighted by molar-refractivity contribution is 7.14. The molecule has 0 atom stereocenters. The van der Waals surface area contributed by atoms with Crippen LogP contribution in [0.3, 0.4) is 0 Å². The quantitative estimate of drug-likeness (QED) is 0.679. The fourth-order valence-electron chi connectivity index (χ4n) is 3.24. The minimum atomic E-state index is 0.116. The third-order valence-corrected chi connectivity index (χ3v) is 6.41. The molecule has 1 saturated heterocycles. The summed E-state index contributed by atoms with van der Waals surface area (Å²) >= 11 is 3.30. The second-order valence-electron chi connectivity index (χ2n) is 6.42. The molecule has 26 heavy (non-hydrogen) atoms. The molecule has 0 unspecified atom stereocenters. The Labute approximate surface area is 161 Å². The van der Waals surface area contributed by atoms with Gasteiger partial charge in [0.2, 0.25) is 0 Å². The van der Waals surface area contributed by atoms with Crippen molar-refractivity contribution in [2.24, 2.45) is 0 Å². The van der Waals surface area contributed by atoms with Crippen LogP contribution in [-0.2, 0) is 6.54 Å². The number of carbonyl (C=O) groups is 1. The molecule has 1 fully saturated rings. The first-order valence-corrected chi connectivity index (χ1v) is 10.5. The molecule has 0 bridgehead atoms. The van der Waals surface area contributed by atoms with Crippen molar-refractivity contribution >= 4 is 28.6 Å². The van der Waals surface area contributed by atoms with Gasteiger partial charge in [0.25, 0.3) is 5.91 Å². The fourth-order valence-corrected chi connectivity index (χ4v) is 4.89. The zero-order chi connectivity index (χ0) is 17.9. The largest absolute Gasteiger partial charge is 0.335 e. The Bertz CT molecular complexity index is 866. The van der Waals surface area contributed by atoms with Crippen molar-refractivity contribution in [2.75, 3.05) is 26.2 Å². The lowest BCUT2D eigenvalue weighted by Crippen LogP contribution is -2.48. The van der Waals surface area contributed by atoms with Gasteiger partial charge in [0, 0.05) is 43.2 Å². The van der Waals surface area contributed by atoms with Gasteiger partial charge in [-0.15, -0.1) is 22.7 Å². The van der Waals surface area contributed by atoms with E-state index in [0.29, 0.717) is 0 Å². The summed E-state index contributed by atoms with van der Waals surface area (Å²) in [5.41, 5.74) is 1.83. The Morgan fingerprint density at radius 1 is 1.08 bits per heavy atom. The number of carbonyl (C=O) groups excluding carboxylic acids is 1. The second kappa shape index (κ2) is 7.70. The first kappa shape index (κ1) is 17.4. The molecule has 0 N–H and O–H groups in total. The van der Waals surface area contributed by atoms with E-state index in [1.807, 2.05) is 42.2 Å². The highest BCUT2D eigenvalue weighted by Crippen LogP contribution is 2.29. The van der Waals surface area contributed by atoms with Gasteiger partial charge in [-0.1, -0.05) is 36.4 Å². The maximum atomic E-state index is 13.1. The summed E-state index contributed by atoms with van der Waals surface area (Å²) in [5.74, 6) is 0.116. The van der Waals surface area contributed by atoms with Crippen LogP contribution >= 0.6 is 22.7 Å². The standard InChI is InChI=1S/C20H21N3OS2/c1-15-21-18(16-6-3-2-4-7-16)19(26-15)20(24)23-11-9-22(10-12-23)14-17-8-5-13-25-17/h2-8,13H,9-12,14H2,1H3. The van der Waals surface area contributed by atoms with Crippen molar-refractivity contribution in [3.8, 4) is 11.3 Å². The van der Waals surface area contributed by atoms with Crippen molar-refractivity contribution in [1.82, 2.24) is 14.8 Å². The SMILES string of the molecule is Cc1nc(-c2ccccc2)c(C(=O)N2CCN(Cc3cccs3)CC2)s1. The molecule has 0 saturated carbocycles. The molecule has 1 aromatic carbocycles. The minimum absolute atomic E-state index is 0.116. The van der Waals surface area contributed by atoms with Gasteiger partial charge >= 0.3 is 0 Å². The number of hydrogen-bond acceptors (Lipinski definition) is 5. The molecule has 0 aliphatic carbocycles. The molecule has 3 aromatic rings. The van der Waals surface area contributed by atoms with E-state index in [1.165, 1.54) is 16.2 Å². The number of piperazine rings is 1. The first-order chi connectivity index (χ1) is 12.7. The number of amides is 1. The molecule has 0 radical (unpaired) electrons. The number of benzene rings is 1. The molecular weight excluding hydrogens is 362 g/mol. The number of aromatic nitrogens is 1. The zero-order valence-corrected chi connectivity index (χ0v) is 16.4. The van der Waals surface area contributed by atoms with E-state index in [-0.39, 0.29) is 5.91 Å². The van der Waals surface area contributed by atoms with E-state index in [0.717, 1.165) is 53.9 Å². The van der Waals surface area contributed by atoms with E-state index < -0.39 is 0 Å². The average Bonchev–Trinajstić information content (AvgIpc) is 3.32. The molecular formula is C20H21N3OS2. The van der Waals surface area contributed by atoms with Gasteiger partial charge in [0.05, 0.1) is 10.7 Å². The van der Waals surface area contributed by atoms with Gasteiger partial charge < -0.3 is 4.90 Å². The number of thiazole rings is 1. The van der Waals surface area contributed by atoms with Crippen LogP contribution in [0.25, 0.3) is 11.3 Å². The van der Waals surface area contributed by atoms with E-state index in [2.05, 4.69) is 27.4 Å². The maximum Gasteiger partial charge on any atom is 0.266 e. The lowest BCUT2D eigenvalue weighted by atomic mass is 10.1. The summed E-state index contributed by atoms with van der Waals surface area (Å²) < 4.78 is 0. The van der Waals surface area contributed by atoms with E-state index in [9.17, 15) is 4.79 Å². The molecule has 3 heterocycles. The molecule has 1 amide bonds. The molecule has 2 aromatic heterocycles. The lowest BCUT2D eigenvalue weighted by Gasteiger charge is -2.34. The molecule has 4 rings (SSSR count). The van der Waals surface area contributed by atoms with Crippen LogP contribution in [-0.4, -0.2) is 46.9 Å². The van der Waals surface area contributed by atoms with Gasteiger partial charge in [0.1, 0.15) is 4.88 Å². The summed E-state index contributed by atoms with van der Waals surface area (Å²) in [6, 6.07) is 14.3. The summed E-state index contributed by atoms with van der Waals surface area (Å²) in [7, 11) is 0. The van der Waals surface area contributed by atoms with Gasteiger partial charge in [-0.05, 0) is 18.4 Å². The average molecular weight is 384 g/mol. The van der Waals surface area contributed by atoms with Crippen LogP contribution in [0.2, 0.25) is 0 Å². The minimum Gasteiger partial charge on any atom is -0.335 e. The third-order valence-electron chi connectivity index (χ3n) is 4.59. The summed E-state index contributed by atoms with van der Waals surface area (Å²) in [6.07, 6.45) is 0. The van der Waals surface area contributed by atoms with Gasteiger partial charge in [-0.3, -0.25) is 9.69 Å². The molecule has 1 aliphatic rings. The Morgan fingerprint density at radius 2 is 1.85 bits per heavy atom. The van der Waals surface area contributed by atoms with Gasteiger partial charge in [-0.25, -0.2) is 4.98 Å². The normalized spacial score (nSPS) is 15.3. The number of nitrogens with zero attached hydrogens (tertiary/aromatic N) is 3. The van der Waals surface area contributed by atoms with Crippen LogP contribution < -0.4 is 0 Å². The highest BCUT2D eigenvalue weighted by Gasteiger charge is 2.26. The van der Waals surface area contributed by atoms with E-state index >= 15 is 0 Å². The summed E-state index contributed by atoms with van der Waals surface area (Å²) in [4.78, 5) is 24.3. The number of aryl methyl sites for hydroxylation is 1. The first-order valence-electron chi connectivity index (χ1n) is 8.77. The Balaban J connectivity index is 1.46. The molecule has 134 valence electrons. The lowest BCUT2D eigenvalue weighted by molar-refractivity contribution is 0.0635. The molecule has 6 heteroatoms. The van der Waals surface area contributed by atoms with Crippen molar-refractivity contribution in [1.29, 1.82) is 0 Å². The second-order valence-corrected chi connectivity index (χ2v) is 8.66. The fraction of sp³-hybridized carbons (Fsp3) is 0.300.